The smallest absolute Gasteiger partial charge is 0.0471 e. The average Bonchev–Trinajstić information content (AvgIpc) is 2.26. The number of rotatable bonds is 2. The van der Waals surface area contributed by atoms with Crippen LogP contribution in [-0.2, 0) is 6.54 Å². The molecular weight excluding hydrogens is 220 g/mol. The first kappa shape index (κ1) is 11.7. The number of nitrogens with two attached hydrogens (primary N) is 1. The van der Waals surface area contributed by atoms with E-state index in [1.807, 2.05) is 18.2 Å². The highest BCUT2D eigenvalue weighted by atomic mass is 35.5. The van der Waals surface area contributed by atoms with Crippen molar-refractivity contribution < 1.29 is 0 Å². The number of likely N-dealkylation sites (tertiary alicyclic amines) is 1. The van der Waals surface area contributed by atoms with E-state index in [9.17, 15) is 0 Å². The van der Waals surface area contributed by atoms with E-state index in [4.69, 9.17) is 17.3 Å². The zero-order valence-corrected chi connectivity index (χ0v) is 10.5. The summed E-state index contributed by atoms with van der Waals surface area (Å²) in [5.74, 6) is 0. The molecule has 1 aliphatic rings. The Hall–Kier alpha value is -0.730. The summed E-state index contributed by atoms with van der Waals surface area (Å²) in [4.78, 5) is 2.47. The van der Waals surface area contributed by atoms with Crippen molar-refractivity contribution >= 4 is 17.3 Å². The second kappa shape index (κ2) is 5.07. The van der Waals surface area contributed by atoms with Gasteiger partial charge in [-0.15, -0.1) is 0 Å². The topological polar surface area (TPSA) is 29.3 Å². The monoisotopic (exact) mass is 238 g/mol. The zero-order chi connectivity index (χ0) is 11.5. The molecule has 1 saturated heterocycles. The summed E-state index contributed by atoms with van der Waals surface area (Å²) in [6, 6.07) is 6.39. The summed E-state index contributed by atoms with van der Waals surface area (Å²) in [6.07, 6.45) is 3.91. The fourth-order valence-electron chi connectivity index (χ4n) is 2.34. The van der Waals surface area contributed by atoms with Crippen molar-refractivity contribution in [2.45, 2.75) is 38.8 Å². The van der Waals surface area contributed by atoms with E-state index in [-0.39, 0.29) is 0 Å². The second-order valence-electron chi connectivity index (χ2n) is 4.62. The highest BCUT2D eigenvalue weighted by Crippen LogP contribution is 2.26. The number of hydrogen-bond donors (Lipinski definition) is 1. The first-order chi connectivity index (χ1) is 7.68. The SMILES string of the molecule is CC1CCCCN1Cc1c(N)cccc1Cl. The lowest BCUT2D eigenvalue weighted by molar-refractivity contribution is 0.153. The Morgan fingerprint density at radius 3 is 2.94 bits per heavy atom. The van der Waals surface area contributed by atoms with Crippen LogP contribution in [0.2, 0.25) is 5.02 Å². The molecule has 0 bridgehead atoms. The van der Waals surface area contributed by atoms with E-state index in [1.165, 1.54) is 19.3 Å². The van der Waals surface area contributed by atoms with Gasteiger partial charge in [0.2, 0.25) is 0 Å². The largest absolute Gasteiger partial charge is 0.398 e. The average molecular weight is 239 g/mol. The standard InChI is InChI=1S/C13H19ClN2/c1-10-5-2-3-8-16(10)9-11-12(14)6-4-7-13(11)15/h4,6-7,10H,2-3,5,8-9,15H2,1H3. The maximum absolute atomic E-state index is 6.19. The van der Waals surface area contributed by atoms with Gasteiger partial charge in [-0.1, -0.05) is 24.1 Å². The minimum atomic E-state index is 0.643. The second-order valence-corrected chi connectivity index (χ2v) is 5.03. The molecule has 1 atom stereocenters. The molecule has 2 N–H and O–H groups in total. The van der Waals surface area contributed by atoms with Crippen molar-refractivity contribution in [1.82, 2.24) is 4.90 Å². The van der Waals surface area contributed by atoms with Gasteiger partial charge >= 0.3 is 0 Å². The van der Waals surface area contributed by atoms with Crippen LogP contribution in [0.25, 0.3) is 0 Å². The van der Waals surface area contributed by atoms with Gasteiger partial charge in [0.1, 0.15) is 0 Å². The van der Waals surface area contributed by atoms with Crippen molar-refractivity contribution in [3.8, 4) is 0 Å². The molecule has 2 nitrogen and oxygen atoms in total. The third-order valence-corrected chi connectivity index (χ3v) is 3.81. The van der Waals surface area contributed by atoms with Crippen LogP contribution >= 0.6 is 11.6 Å². The molecule has 88 valence electrons. The Morgan fingerprint density at radius 1 is 1.44 bits per heavy atom. The lowest BCUT2D eigenvalue weighted by atomic mass is 10.0. The molecule has 0 aliphatic carbocycles. The molecular formula is C13H19ClN2. The van der Waals surface area contributed by atoms with Crippen LogP contribution in [0.5, 0.6) is 0 Å². The van der Waals surface area contributed by atoms with Gasteiger partial charge in [-0.3, -0.25) is 4.90 Å². The van der Waals surface area contributed by atoms with Crippen molar-refractivity contribution in [3.05, 3.63) is 28.8 Å². The molecule has 16 heavy (non-hydrogen) atoms. The Bertz CT molecular complexity index is 345. The molecule has 1 heterocycles. The molecule has 0 aromatic heterocycles. The van der Waals surface area contributed by atoms with Crippen LogP contribution in [0, 0.1) is 0 Å². The number of benzene rings is 1. The van der Waals surface area contributed by atoms with Gasteiger partial charge in [0.25, 0.3) is 0 Å². The van der Waals surface area contributed by atoms with E-state index >= 15 is 0 Å². The lowest BCUT2D eigenvalue weighted by Gasteiger charge is -2.33. The highest BCUT2D eigenvalue weighted by molar-refractivity contribution is 6.31. The number of nitrogens with zero attached hydrogens (tertiary/aromatic N) is 1. The van der Waals surface area contributed by atoms with Gasteiger partial charge < -0.3 is 5.73 Å². The maximum atomic E-state index is 6.19. The molecule has 2 rings (SSSR count). The van der Waals surface area contributed by atoms with Gasteiger partial charge in [-0.05, 0) is 38.4 Å². The third kappa shape index (κ3) is 2.50. The molecule has 0 saturated carbocycles. The van der Waals surface area contributed by atoms with Crippen molar-refractivity contribution in [1.29, 1.82) is 0 Å². The molecule has 1 aliphatic heterocycles. The molecule has 1 fully saturated rings. The molecule has 0 amide bonds. The third-order valence-electron chi connectivity index (χ3n) is 3.46. The van der Waals surface area contributed by atoms with Crippen molar-refractivity contribution in [2.24, 2.45) is 0 Å². The minimum absolute atomic E-state index is 0.643. The van der Waals surface area contributed by atoms with Gasteiger partial charge in [0.05, 0.1) is 0 Å². The van der Waals surface area contributed by atoms with Crippen molar-refractivity contribution in [2.75, 3.05) is 12.3 Å². The number of hydrogen-bond acceptors (Lipinski definition) is 2. The summed E-state index contributed by atoms with van der Waals surface area (Å²) < 4.78 is 0. The predicted molar refractivity (Wildman–Crippen MR) is 69.6 cm³/mol. The van der Waals surface area contributed by atoms with E-state index in [2.05, 4.69) is 11.8 Å². The lowest BCUT2D eigenvalue weighted by Crippen LogP contribution is -2.37. The number of piperidine rings is 1. The Labute approximate surface area is 102 Å². The van der Waals surface area contributed by atoms with Crippen LogP contribution in [0.4, 0.5) is 5.69 Å². The number of nitrogen functional groups attached to an aromatic ring is 1. The molecule has 1 unspecified atom stereocenters. The molecule has 3 heteroatoms. The molecule has 1 aromatic rings. The first-order valence-electron chi connectivity index (χ1n) is 5.95. The first-order valence-corrected chi connectivity index (χ1v) is 6.33. The van der Waals surface area contributed by atoms with Gasteiger partial charge in [0.15, 0.2) is 0 Å². The van der Waals surface area contributed by atoms with Crippen molar-refractivity contribution in [3.63, 3.8) is 0 Å². The Morgan fingerprint density at radius 2 is 2.25 bits per heavy atom. The van der Waals surface area contributed by atoms with E-state index in [0.29, 0.717) is 6.04 Å². The fraction of sp³-hybridized carbons (Fsp3) is 0.538. The molecule has 0 spiro atoms. The number of halogens is 1. The maximum Gasteiger partial charge on any atom is 0.0471 e. The summed E-state index contributed by atoms with van der Waals surface area (Å²) in [7, 11) is 0. The van der Waals surface area contributed by atoms with Gasteiger partial charge in [-0.2, -0.15) is 0 Å². The van der Waals surface area contributed by atoms with E-state index in [0.717, 1.165) is 29.4 Å². The highest BCUT2D eigenvalue weighted by Gasteiger charge is 2.19. The van der Waals surface area contributed by atoms with Crippen LogP contribution in [-0.4, -0.2) is 17.5 Å². The fourth-order valence-corrected chi connectivity index (χ4v) is 2.58. The van der Waals surface area contributed by atoms with E-state index < -0.39 is 0 Å². The minimum Gasteiger partial charge on any atom is -0.398 e. The molecule has 0 radical (unpaired) electrons. The number of anilines is 1. The van der Waals surface area contributed by atoms with Crippen LogP contribution in [0.3, 0.4) is 0 Å². The van der Waals surface area contributed by atoms with Crippen LogP contribution < -0.4 is 5.73 Å². The van der Waals surface area contributed by atoms with Crippen LogP contribution in [0.15, 0.2) is 18.2 Å². The summed E-state index contributed by atoms with van der Waals surface area (Å²) in [5.41, 5.74) is 7.86. The normalized spacial score (nSPS) is 22.2. The van der Waals surface area contributed by atoms with Gasteiger partial charge in [-0.25, -0.2) is 0 Å². The predicted octanol–water partition coefficient (Wildman–Crippen LogP) is 3.30. The van der Waals surface area contributed by atoms with Crippen LogP contribution in [0.1, 0.15) is 31.7 Å². The Balaban J connectivity index is 2.13. The molecule has 1 aromatic carbocycles. The quantitative estimate of drug-likeness (QED) is 0.802. The van der Waals surface area contributed by atoms with Gasteiger partial charge in [0, 0.05) is 28.9 Å². The Kier molecular flexibility index (Phi) is 3.72. The summed E-state index contributed by atoms with van der Waals surface area (Å²) in [6.45, 7) is 4.32. The van der Waals surface area contributed by atoms with E-state index in [1.54, 1.807) is 0 Å². The zero-order valence-electron chi connectivity index (χ0n) is 9.75. The summed E-state index contributed by atoms with van der Waals surface area (Å²) in [5, 5.41) is 0.790. The summed E-state index contributed by atoms with van der Waals surface area (Å²) >= 11 is 6.19.